The molecule has 0 amide bonds. The zero-order valence-electron chi connectivity index (χ0n) is 10.7. The third kappa shape index (κ3) is 3.81. The molecule has 2 aromatic rings. The Hall–Kier alpha value is -0.360. The average molecular weight is 405 g/mol. The van der Waals surface area contributed by atoms with Crippen molar-refractivity contribution in [2.75, 3.05) is 14.2 Å². The van der Waals surface area contributed by atoms with Crippen LogP contribution in [0.4, 0.5) is 0 Å². The summed E-state index contributed by atoms with van der Waals surface area (Å²) in [6.07, 6.45) is 0.947. The first kappa shape index (κ1) is 15.0. The monoisotopic (exact) mass is 403 g/mol. The van der Waals surface area contributed by atoms with Crippen LogP contribution in [0.5, 0.6) is 5.75 Å². The van der Waals surface area contributed by atoms with Crippen molar-refractivity contribution in [3.63, 3.8) is 0 Å². The smallest absolute Gasteiger partial charge is 0.118 e. The van der Waals surface area contributed by atoms with E-state index in [4.69, 9.17) is 4.74 Å². The standard InChI is InChI=1S/C14H15Br2NOS/c1-17-12(11-8-13(15)19-14(11)16)7-9-3-5-10(18-2)6-4-9/h3-6,8,12,17H,7H2,1-2H3. The molecular weight excluding hydrogens is 390 g/mol. The van der Waals surface area contributed by atoms with E-state index in [9.17, 15) is 0 Å². The molecule has 1 aromatic heterocycles. The van der Waals surface area contributed by atoms with Gasteiger partial charge in [-0.1, -0.05) is 12.1 Å². The van der Waals surface area contributed by atoms with E-state index in [-0.39, 0.29) is 0 Å². The zero-order valence-corrected chi connectivity index (χ0v) is 14.7. The fourth-order valence-corrected chi connectivity index (χ4v) is 4.93. The molecule has 0 aliphatic carbocycles. The Morgan fingerprint density at radius 3 is 2.42 bits per heavy atom. The van der Waals surface area contributed by atoms with Crippen LogP contribution in [0.15, 0.2) is 37.9 Å². The van der Waals surface area contributed by atoms with Gasteiger partial charge in [0.25, 0.3) is 0 Å². The second kappa shape index (κ2) is 6.88. The van der Waals surface area contributed by atoms with Crippen molar-refractivity contribution < 1.29 is 4.74 Å². The summed E-state index contributed by atoms with van der Waals surface area (Å²) in [5, 5.41) is 3.37. The average Bonchev–Trinajstić information content (AvgIpc) is 2.75. The lowest BCUT2D eigenvalue weighted by Gasteiger charge is -2.16. The van der Waals surface area contributed by atoms with Crippen molar-refractivity contribution in [2.45, 2.75) is 12.5 Å². The van der Waals surface area contributed by atoms with Gasteiger partial charge in [0.2, 0.25) is 0 Å². The van der Waals surface area contributed by atoms with Crippen molar-refractivity contribution in [1.29, 1.82) is 0 Å². The minimum Gasteiger partial charge on any atom is -0.497 e. The number of rotatable bonds is 5. The fourth-order valence-electron chi connectivity index (χ4n) is 1.96. The maximum Gasteiger partial charge on any atom is 0.118 e. The number of ether oxygens (including phenoxy) is 1. The zero-order chi connectivity index (χ0) is 13.8. The number of nitrogens with one attached hydrogen (secondary N) is 1. The fraction of sp³-hybridized carbons (Fsp3) is 0.286. The van der Waals surface area contributed by atoms with Gasteiger partial charge in [-0.3, -0.25) is 0 Å². The molecule has 1 N–H and O–H groups in total. The first-order valence-corrected chi connectivity index (χ1v) is 8.29. The molecule has 2 rings (SSSR count). The minimum atomic E-state index is 0.297. The van der Waals surface area contributed by atoms with Gasteiger partial charge in [0.1, 0.15) is 5.75 Å². The highest BCUT2D eigenvalue weighted by atomic mass is 79.9. The van der Waals surface area contributed by atoms with Crippen LogP contribution in [0.1, 0.15) is 17.2 Å². The van der Waals surface area contributed by atoms with Gasteiger partial charge in [-0.15, -0.1) is 11.3 Å². The number of likely N-dealkylation sites (N-methyl/N-ethyl adjacent to an activating group) is 1. The molecule has 19 heavy (non-hydrogen) atoms. The van der Waals surface area contributed by atoms with E-state index in [1.807, 2.05) is 19.2 Å². The van der Waals surface area contributed by atoms with Crippen molar-refractivity contribution in [2.24, 2.45) is 0 Å². The Morgan fingerprint density at radius 1 is 1.26 bits per heavy atom. The van der Waals surface area contributed by atoms with Gasteiger partial charge in [-0.05, 0) is 74.7 Å². The van der Waals surface area contributed by atoms with E-state index in [1.54, 1.807) is 18.4 Å². The molecule has 0 bridgehead atoms. The molecule has 2 nitrogen and oxygen atoms in total. The molecule has 0 aliphatic heterocycles. The number of hydrogen-bond donors (Lipinski definition) is 1. The van der Waals surface area contributed by atoms with E-state index in [0.717, 1.165) is 16.0 Å². The Labute approximate surface area is 134 Å². The summed E-state index contributed by atoms with van der Waals surface area (Å²) in [5.74, 6) is 0.893. The van der Waals surface area contributed by atoms with E-state index in [0.29, 0.717) is 6.04 Å². The summed E-state index contributed by atoms with van der Waals surface area (Å²) in [6.45, 7) is 0. The summed E-state index contributed by atoms with van der Waals surface area (Å²) in [7, 11) is 3.68. The van der Waals surface area contributed by atoms with Gasteiger partial charge in [0.05, 0.1) is 14.7 Å². The van der Waals surface area contributed by atoms with Gasteiger partial charge >= 0.3 is 0 Å². The summed E-state index contributed by atoms with van der Waals surface area (Å²) >= 11 is 8.86. The van der Waals surface area contributed by atoms with Gasteiger partial charge < -0.3 is 10.1 Å². The van der Waals surface area contributed by atoms with Crippen molar-refractivity contribution in [1.82, 2.24) is 5.32 Å². The Kier molecular flexibility index (Phi) is 5.45. The molecule has 1 unspecified atom stereocenters. The van der Waals surface area contributed by atoms with E-state index < -0.39 is 0 Å². The maximum atomic E-state index is 5.18. The first-order chi connectivity index (χ1) is 9.13. The summed E-state index contributed by atoms with van der Waals surface area (Å²) in [4.78, 5) is 0. The molecule has 0 saturated carbocycles. The lowest BCUT2D eigenvalue weighted by molar-refractivity contribution is 0.414. The van der Waals surface area contributed by atoms with Crippen LogP contribution < -0.4 is 10.1 Å². The lowest BCUT2D eigenvalue weighted by Crippen LogP contribution is -2.18. The molecule has 5 heteroatoms. The summed E-state index contributed by atoms with van der Waals surface area (Å²) in [6, 6.07) is 10.7. The second-order valence-electron chi connectivity index (χ2n) is 4.17. The molecule has 0 spiro atoms. The number of benzene rings is 1. The van der Waals surface area contributed by atoms with Crippen LogP contribution in [-0.4, -0.2) is 14.2 Å². The molecule has 1 atom stereocenters. The number of methoxy groups -OCH3 is 1. The minimum absolute atomic E-state index is 0.297. The molecule has 102 valence electrons. The van der Waals surface area contributed by atoms with Crippen molar-refractivity contribution >= 4 is 43.2 Å². The molecule has 1 aromatic carbocycles. The topological polar surface area (TPSA) is 21.3 Å². The number of halogens is 2. The summed E-state index contributed by atoms with van der Waals surface area (Å²) in [5.41, 5.74) is 2.57. The van der Waals surface area contributed by atoms with Crippen LogP contribution in [0.2, 0.25) is 0 Å². The molecule has 0 saturated heterocycles. The Bertz CT molecular complexity index is 539. The largest absolute Gasteiger partial charge is 0.497 e. The third-order valence-corrected chi connectivity index (χ3v) is 5.39. The number of hydrogen-bond acceptors (Lipinski definition) is 3. The first-order valence-electron chi connectivity index (χ1n) is 5.89. The predicted molar refractivity (Wildman–Crippen MR) is 88.2 cm³/mol. The van der Waals surface area contributed by atoms with E-state index in [1.165, 1.54) is 14.9 Å². The maximum absolute atomic E-state index is 5.18. The van der Waals surface area contributed by atoms with Gasteiger partial charge in [-0.25, -0.2) is 0 Å². The van der Waals surface area contributed by atoms with Crippen molar-refractivity contribution in [3.05, 3.63) is 49.0 Å². The Morgan fingerprint density at radius 2 is 1.95 bits per heavy atom. The quantitative estimate of drug-likeness (QED) is 0.773. The van der Waals surface area contributed by atoms with Crippen LogP contribution in [0.3, 0.4) is 0 Å². The third-order valence-electron chi connectivity index (χ3n) is 3.01. The molecule has 0 aliphatic rings. The molecule has 0 radical (unpaired) electrons. The predicted octanol–water partition coefficient (Wildman–Crippen LogP) is 4.78. The second-order valence-corrected chi connectivity index (χ2v) is 7.92. The van der Waals surface area contributed by atoms with Crippen LogP contribution >= 0.6 is 43.2 Å². The highest BCUT2D eigenvalue weighted by Crippen LogP contribution is 2.36. The van der Waals surface area contributed by atoms with Gasteiger partial charge in [0.15, 0.2) is 0 Å². The Balaban J connectivity index is 2.16. The molecule has 0 fully saturated rings. The van der Waals surface area contributed by atoms with E-state index >= 15 is 0 Å². The highest BCUT2D eigenvalue weighted by molar-refractivity contribution is 9.12. The van der Waals surface area contributed by atoms with Gasteiger partial charge in [0, 0.05) is 6.04 Å². The lowest BCUT2D eigenvalue weighted by atomic mass is 10.0. The SMILES string of the molecule is CNC(Cc1ccc(OC)cc1)c1cc(Br)sc1Br. The normalized spacial score (nSPS) is 12.4. The van der Waals surface area contributed by atoms with E-state index in [2.05, 4.69) is 55.4 Å². The molecule has 1 heterocycles. The van der Waals surface area contributed by atoms with Gasteiger partial charge in [-0.2, -0.15) is 0 Å². The highest BCUT2D eigenvalue weighted by Gasteiger charge is 2.16. The van der Waals surface area contributed by atoms with Crippen LogP contribution in [-0.2, 0) is 6.42 Å². The van der Waals surface area contributed by atoms with Crippen LogP contribution in [0, 0.1) is 0 Å². The van der Waals surface area contributed by atoms with Crippen molar-refractivity contribution in [3.8, 4) is 5.75 Å². The summed E-state index contributed by atoms with van der Waals surface area (Å²) < 4.78 is 7.50. The number of thiophene rings is 1. The molecular formula is C14H15Br2NOS. The van der Waals surface area contributed by atoms with Crippen LogP contribution in [0.25, 0.3) is 0 Å².